The molecule has 0 heterocycles. The second kappa shape index (κ2) is 5.27. The highest BCUT2D eigenvalue weighted by Gasteiger charge is 2.11. The predicted molar refractivity (Wildman–Crippen MR) is 67.5 cm³/mol. The van der Waals surface area contributed by atoms with Crippen LogP contribution in [0.15, 0.2) is 18.2 Å². The molecule has 0 bridgehead atoms. The van der Waals surface area contributed by atoms with E-state index in [2.05, 4.69) is 5.32 Å². The van der Waals surface area contributed by atoms with Crippen molar-refractivity contribution in [2.45, 2.75) is 32.7 Å². The SMILES string of the molecule is CC(C)(C)NCCC(=O)c1ccc(F)c(N)c1. The molecule has 0 saturated heterocycles. The van der Waals surface area contributed by atoms with Gasteiger partial charge in [-0.15, -0.1) is 0 Å². The molecule has 0 aromatic heterocycles. The lowest BCUT2D eigenvalue weighted by Crippen LogP contribution is -2.37. The Morgan fingerprint density at radius 2 is 2.06 bits per heavy atom. The van der Waals surface area contributed by atoms with Gasteiger partial charge in [-0.25, -0.2) is 4.39 Å². The zero-order chi connectivity index (χ0) is 13.1. The van der Waals surface area contributed by atoms with E-state index in [1.165, 1.54) is 18.2 Å². The van der Waals surface area contributed by atoms with Gasteiger partial charge in [0.1, 0.15) is 5.82 Å². The fraction of sp³-hybridized carbons (Fsp3) is 0.462. The van der Waals surface area contributed by atoms with Gasteiger partial charge in [0.15, 0.2) is 5.78 Å². The van der Waals surface area contributed by atoms with Crippen LogP contribution < -0.4 is 11.1 Å². The Labute approximate surface area is 101 Å². The Morgan fingerprint density at radius 3 is 2.59 bits per heavy atom. The molecule has 0 unspecified atom stereocenters. The van der Waals surface area contributed by atoms with Crippen LogP contribution in [-0.2, 0) is 0 Å². The number of nitrogen functional groups attached to an aromatic ring is 1. The van der Waals surface area contributed by atoms with Gasteiger partial charge >= 0.3 is 0 Å². The molecular weight excluding hydrogens is 219 g/mol. The number of Topliss-reactive ketones (excluding diaryl/α,β-unsaturated/α-hetero) is 1. The minimum atomic E-state index is -0.491. The minimum Gasteiger partial charge on any atom is -0.396 e. The predicted octanol–water partition coefficient (Wildman–Crippen LogP) is 2.37. The monoisotopic (exact) mass is 238 g/mol. The van der Waals surface area contributed by atoms with Crippen LogP contribution in [0.4, 0.5) is 10.1 Å². The average Bonchev–Trinajstić information content (AvgIpc) is 2.20. The van der Waals surface area contributed by atoms with Crippen LogP contribution in [0.5, 0.6) is 0 Å². The van der Waals surface area contributed by atoms with Crippen molar-refractivity contribution in [2.75, 3.05) is 12.3 Å². The number of carbonyl (C=O) groups is 1. The summed E-state index contributed by atoms with van der Waals surface area (Å²) in [7, 11) is 0. The summed E-state index contributed by atoms with van der Waals surface area (Å²) in [5.74, 6) is -0.525. The van der Waals surface area contributed by atoms with E-state index in [1.54, 1.807) is 0 Å². The Morgan fingerprint density at radius 1 is 1.41 bits per heavy atom. The van der Waals surface area contributed by atoms with Crippen LogP contribution in [0.25, 0.3) is 0 Å². The van der Waals surface area contributed by atoms with Gasteiger partial charge in [0.2, 0.25) is 0 Å². The van der Waals surface area contributed by atoms with Crippen molar-refractivity contribution < 1.29 is 9.18 Å². The molecule has 0 atom stereocenters. The first-order chi connectivity index (χ1) is 7.79. The molecule has 0 saturated carbocycles. The molecule has 3 nitrogen and oxygen atoms in total. The molecule has 0 spiro atoms. The summed E-state index contributed by atoms with van der Waals surface area (Å²) in [5, 5.41) is 3.22. The zero-order valence-electron chi connectivity index (χ0n) is 10.5. The topological polar surface area (TPSA) is 55.1 Å². The van der Waals surface area contributed by atoms with Gasteiger partial charge in [-0.05, 0) is 39.0 Å². The van der Waals surface area contributed by atoms with Crippen molar-refractivity contribution in [1.82, 2.24) is 5.32 Å². The van der Waals surface area contributed by atoms with Crippen molar-refractivity contribution in [3.05, 3.63) is 29.6 Å². The van der Waals surface area contributed by atoms with E-state index in [0.29, 0.717) is 18.5 Å². The number of hydrogen-bond acceptors (Lipinski definition) is 3. The molecule has 3 N–H and O–H groups in total. The molecule has 0 aliphatic rings. The summed E-state index contributed by atoms with van der Waals surface area (Å²) in [6, 6.07) is 4.07. The fourth-order valence-corrected chi connectivity index (χ4v) is 1.41. The van der Waals surface area contributed by atoms with Crippen molar-refractivity contribution in [3.8, 4) is 0 Å². The maximum atomic E-state index is 12.9. The largest absolute Gasteiger partial charge is 0.396 e. The summed E-state index contributed by atoms with van der Waals surface area (Å²) >= 11 is 0. The quantitative estimate of drug-likeness (QED) is 0.625. The van der Waals surface area contributed by atoms with Crippen LogP contribution in [0.1, 0.15) is 37.6 Å². The molecule has 17 heavy (non-hydrogen) atoms. The van der Waals surface area contributed by atoms with E-state index in [4.69, 9.17) is 5.73 Å². The molecule has 0 aliphatic carbocycles. The number of ketones is 1. The minimum absolute atomic E-state index is 0.0118. The van der Waals surface area contributed by atoms with Crippen LogP contribution in [0, 0.1) is 5.82 Å². The number of nitrogens with one attached hydrogen (secondary N) is 1. The smallest absolute Gasteiger partial charge is 0.164 e. The van der Waals surface area contributed by atoms with Crippen LogP contribution in [-0.4, -0.2) is 17.9 Å². The van der Waals surface area contributed by atoms with Crippen LogP contribution in [0.2, 0.25) is 0 Å². The van der Waals surface area contributed by atoms with Gasteiger partial charge in [-0.2, -0.15) is 0 Å². The van der Waals surface area contributed by atoms with Crippen molar-refractivity contribution in [1.29, 1.82) is 0 Å². The summed E-state index contributed by atoms with van der Waals surface area (Å²) in [6.07, 6.45) is 0.377. The summed E-state index contributed by atoms with van der Waals surface area (Å²) in [4.78, 5) is 11.8. The third-order valence-electron chi connectivity index (χ3n) is 2.33. The summed E-state index contributed by atoms with van der Waals surface area (Å²) in [6.45, 7) is 6.70. The summed E-state index contributed by atoms with van der Waals surface area (Å²) in [5.41, 5.74) is 5.87. The molecule has 4 heteroatoms. The molecular formula is C13H19FN2O. The first-order valence-corrected chi connectivity index (χ1v) is 5.63. The standard InChI is InChI=1S/C13H19FN2O/c1-13(2,3)16-7-6-12(17)9-4-5-10(14)11(15)8-9/h4-5,8,16H,6-7,15H2,1-3H3. The van der Waals surface area contributed by atoms with Gasteiger partial charge in [-0.3, -0.25) is 4.79 Å². The highest BCUT2D eigenvalue weighted by Crippen LogP contribution is 2.13. The van der Waals surface area contributed by atoms with E-state index in [0.717, 1.165) is 0 Å². The van der Waals surface area contributed by atoms with Crippen LogP contribution in [0.3, 0.4) is 0 Å². The van der Waals surface area contributed by atoms with Crippen LogP contribution >= 0.6 is 0 Å². The van der Waals surface area contributed by atoms with E-state index >= 15 is 0 Å². The van der Waals surface area contributed by atoms with Crippen molar-refractivity contribution >= 4 is 11.5 Å². The molecule has 1 aromatic rings. The molecule has 0 amide bonds. The third-order valence-corrected chi connectivity index (χ3v) is 2.33. The highest BCUT2D eigenvalue weighted by atomic mass is 19.1. The Balaban J connectivity index is 2.56. The second-order valence-electron chi connectivity index (χ2n) is 5.09. The number of hydrogen-bond donors (Lipinski definition) is 2. The normalized spacial score (nSPS) is 11.5. The first kappa shape index (κ1) is 13.6. The highest BCUT2D eigenvalue weighted by molar-refractivity contribution is 5.96. The average molecular weight is 238 g/mol. The van der Waals surface area contributed by atoms with Gasteiger partial charge in [0.05, 0.1) is 5.69 Å². The lowest BCUT2D eigenvalue weighted by atomic mass is 10.1. The van der Waals surface area contributed by atoms with E-state index < -0.39 is 5.82 Å². The molecule has 1 aromatic carbocycles. The van der Waals surface area contributed by atoms with Crippen molar-refractivity contribution in [3.63, 3.8) is 0 Å². The number of benzene rings is 1. The lowest BCUT2D eigenvalue weighted by Gasteiger charge is -2.20. The fourth-order valence-electron chi connectivity index (χ4n) is 1.41. The van der Waals surface area contributed by atoms with E-state index in [9.17, 15) is 9.18 Å². The maximum Gasteiger partial charge on any atom is 0.164 e. The van der Waals surface area contributed by atoms with E-state index in [1.807, 2.05) is 20.8 Å². The molecule has 94 valence electrons. The van der Waals surface area contributed by atoms with Gasteiger partial charge in [0, 0.05) is 24.1 Å². The number of halogens is 1. The zero-order valence-corrected chi connectivity index (χ0v) is 10.5. The number of nitrogens with two attached hydrogens (primary N) is 1. The lowest BCUT2D eigenvalue weighted by molar-refractivity contribution is 0.0980. The van der Waals surface area contributed by atoms with Gasteiger partial charge < -0.3 is 11.1 Å². The van der Waals surface area contributed by atoms with Gasteiger partial charge in [0.25, 0.3) is 0 Å². The number of anilines is 1. The Bertz CT molecular complexity index is 410. The second-order valence-corrected chi connectivity index (χ2v) is 5.09. The number of rotatable bonds is 4. The molecule has 0 fully saturated rings. The molecule has 0 radical (unpaired) electrons. The van der Waals surface area contributed by atoms with Gasteiger partial charge in [-0.1, -0.05) is 0 Å². The molecule has 0 aliphatic heterocycles. The molecule has 1 rings (SSSR count). The number of carbonyl (C=O) groups excluding carboxylic acids is 1. The first-order valence-electron chi connectivity index (χ1n) is 5.63. The van der Waals surface area contributed by atoms with E-state index in [-0.39, 0.29) is 17.0 Å². The maximum absolute atomic E-state index is 12.9. The van der Waals surface area contributed by atoms with Crippen molar-refractivity contribution in [2.24, 2.45) is 0 Å². The Kier molecular flexibility index (Phi) is 4.23. The third kappa shape index (κ3) is 4.53. The summed E-state index contributed by atoms with van der Waals surface area (Å²) < 4.78 is 12.9. The Hall–Kier alpha value is -1.42.